The summed E-state index contributed by atoms with van der Waals surface area (Å²) in [6.45, 7) is 8.72. The molecule has 138 valence electrons. The quantitative estimate of drug-likeness (QED) is 0.803. The van der Waals surface area contributed by atoms with Crippen LogP contribution in [0.4, 0.5) is 0 Å². The average molecular weight is 376 g/mol. The standard InChI is InChI=1S/C18H29N3O.2ClH/c1-3-5-16-6-8-17(9-7-16)15(2)20-18(22)14-21-12-4-10-19-11-13-21;;/h6-9,15,19H,3-5,10-14H2,1-2H3,(H,20,22);2*1H. The Morgan fingerprint density at radius 2 is 1.92 bits per heavy atom. The Labute approximate surface area is 158 Å². The van der Waals surface area contributed by atoms with Crippen LogP contribution in [0, 0.1) is 0 Å². The number of hydrogen-bond acceptors (Lipinski definition) is 3. The van der Waals surface area contributed by atoms with Gasteiger partial charge in [-0.1, -0.05) is 37.6 Å². The maximum atomic E-state index is 12.2. The lowest BCUT2D eigenvalue weighted by Gasteiger charge is -2.21. The number of carbonyl (C=O) groups is 1. The molecule has 1 saturated heterocycles. The highest BCUT2D eigenvalue weighted by molar-refractivity contribution is 5.85. The van der Waals surface area contributed by atoms with Crippen LogP contribution in [0.25, 0.3) is 0 Å². The number of amides is 1. The van der Waals surface area contributed by atoms with Gasteiger partial charge in [-0.2, -0.15) is 0 Å². The summed E-state index contributed by atoms with van der Waals surface area (Å²) < 4.78 is 0. The van der Waals surface area contributed by atoms with E-state index in [0.717, 1.165) is 45.4 Å². The van der Waals surface area contributed by atoms with Gasteiger partial charge in [0.15, 0.2) is 0 Å². The minimum Gasteiger partial charge on any atom is -0.348 e. The van der Waals surface area contributed by atoms with Crippen LogP contribution in [-0.4, -0.2) is 43.5 Å². The molecule has 1 heterocycles. The first-order valence-electron chi connectivity index (χ1n) is 8.50. The van der Waals surface area contributed by atoms with Gasteiger partial charge >= 0.3 is 0 Å². The van der Waals surface area contributed by atoms with Crippen LogP contribution < -0.4 is 10.6 Å². The van der Waals surface area contributed by atoms with E-state index in [9.17, 15) is 4.79 Å². The molecular formula is C18H31Cl2N3O. The molecule has 0 radical (unpaired) electrons. The SMILES string of the molecule is CCCc1ccc(C(C)NC(=O)CN2CCCNCC2)cc1.Cl.Cl. The first-order valence-corrected chi connectivity index (χ1v) is 8.50. The van der Waals surface area contributed by atoms with Gasteiger partial charge < -0.3 is 10.6 Å². The van der Waals surface area contributed by atoms with Crippen LogP contribution in [0.5, 0.6) is 0 Å². The van der Waals surface area contributed by atoms with Gasteiger partial charge in [-0.3, -0.25) is 9.69 Å². The smallest absolute Gasteiger partial charge is 0.234 e. The Hall–Kier alpha value is -0.810. The van der Waals surface area contributed by atoms with Crippen LogP contribution in [-0.2, 0) is 11.2 Å². The summed E-state index contributed by atoms with van der Waals surface area (Å²) in [5.41, 5.74) is 2.53. The number of carbonyl (C=O) groups excluding carboxylic acids is 1. The third kappa shape index (κ3) is 7.84. The van der Waals surface area contributed by atoms with Crippen molar-refractivity contribution in [2.24, 2.45) is 0 Å². The second-order valence-corrected chi connectivity index (χ2v) is 6.16. The van der Waals surface area contributed by atoms with Gasteiger partial charge in [0.05, 0.1) is 12.6 Å². The fraction of sp³-hybridized carbons (Fsp3) is 0.611. The maximum Gasteiger partial charge on any atom is 0.234 e. The van der Waals surface area contributed by atoms with Crippen molar-refractivity contribution in [2.75, 3.05) is 32.7 Å². The number of hydrogen-bond donors (Lipinski definition) is 2. The first-order chi connectivity index (χ1) is 10.7. The van der Waals surface area contributed by atoms with E-state index in [1.54, 1.807) is 0 Å². The topological polar surface area (TPSA) is 44.4 Å². The zero-order valence-corrected chi connectivity index (χ0v) is 16.3. The second kappa shape index (κ2) is 12.5. The van der Waals surface area contributed by atoms with Crippen LogP contribution in [0.2, 0.25) is 0 Å². The van der Waals surface area contributed by atoms with Gasteiger partial charge in [0.25, 0.3) is 0 Å². The fourth-order valence-electron chi connectivity index (χ4n) is 2.89. The van der Waals surface area contributed by atoms with Gasteiger partial charge in [0.1, 0.15) is 0 Å². The van der Waals surface area contributed by atoms with E-state index in [2.05, 4.69) is 53.6 Å². The molecule has 0 bridgehead atoms. The molecule has 24 heavy (non-hydrogen) atoms. The molecule has 0 saturated carbocycles. The van der Waals surface area contributed by atoms with E-state index >= 15 is 0 Å². The minimum atomic E-state index is 0. The average Bonchev–Trinajstić information content (AvgIpc) is 2.77. The molecule has 0 aliphatic carbocycles. The number of nitrogens with one attached hydrogen (secondary N) is 2. The highest BCUT2D eigenvalue weighted by atomic mass is 35.5. The molecule has 2 N–H and O–H groups in total. The molecule has 1 aliphatic heterocycles. The molecular weight excluding hydrogens is 345 g/mol. The first kappa shape index (κ1) is 23.2. The van der Waals surface area contributed by atoms with Gasteiger partial charge in [-0.05, 0) is 44.0 Å². The Morgan fingerprint density at radius 3 is 2.58 bits per heavy atom. The van der Waals surface area contributed by atoms with Gasteiger partial charge in [-0.15, -0.1) is 24.8 Å². The van der Waals surface area contributed by atoms with E-state index in [1.165, 1.54) is 11.1 Å². The van der Waals surface area contributed by atoms with Crippen molar-refractivity contribution < 1.29 is 4.79 Å². The molecule has 1 atom stereocenters. The molecule has 1 unspecified atom stereocenters. The fourth-order valence-corrected chi connectivity index (χ4v) is 2.89. The van der Waals surface area contributed by atoms with E-state index in [-0.39, 0.29) is 36.8 Å². The largest absolute Gasteiger partial charge is 0.348 e. The second-order valence-electron chi connectivity index (χ2n) is 6.16. The monoisotopic (exact) mass is 375 g/mol. The number of nitrogens with zero attached hydrogens (tertiary/aromatic N) is 1. The van der Waals surface area contributed by atoms with Crippen molar-refractivity contribution in [3.63, 3.8) is 0 Å². The summed E-state index contributed by atoms with van der Waals surface area (Å²) in [4.78, 5) is 14.4. The minimum absolute atomic E-state index is 0. The summed E-state index contributed by atoms with van der Waals surface area (Å²) in [7, 11) is 0. The summed E-state index contributed by atoms with van der Waals surface area (Å²) in [5.74, 6) is 0.118. The van der Waals surface area contributed by atoms with Crippen molar-refractivity contribution in [1.29, 1.82) is 0 Å². The van der Waals surface area contributed by atoms with Crippen molar-refractivity contribution in [2.45, 2.75) is 39.2 Å². The van der Waals surface area contributed by atoms with Crippen LogP contribution >= 0.6 is 24.8 Å². The molecule has 4 nitrogen and oxygen atoms in total. The lowest BCUT2D eigenvalue weighted by Crippen LogP contribution is -2.39. The summed E-state index contributed by atoms with van der Waals surface area (Å²) in [6.07, 6.45) is 3.39. The molecule has 1 aromatic rings. The lowest BCUT2D eigenvalue weighted by molar-refractivity contribution is -0.122. The molecule has 6 heteroatoms. The summed E-state index contributed by atoms with van der Waals surface area (Å²) in [5, 5.41) is 6.47. The predicted molar refractivity (Wildman–Crippen MR) is 105 cm³/mol. The van der Waals surface area contributed by atoms with E-state index in [4.69, 9.17) is 0 Å². The maximum absolute atomic E-state index is 12.2. The summed E-state index contributed by atoms with van der Waals surface area (Å²) in [6, 6.07) is 8.66. The molecule has 1 aliphatic rings. The van der Waals surface area contributed by atoms with Crippen molar-refractivity contribution in [3.8, 4) is 0 Å². The molecule has 0 spiro atoms. The molecule has 2 rings (SSSR count). The van der Waals surface area contributed by atoms with E-state index in [0.29, 0.717) is 6.54 Å². The van der Waals surface area contributed by atoms with Crippen LogP contribution in [0.3, 0.4) is 0 Å². The highest BCUT2D eigenvalue weighted by Crippen LogP contribution is 2.14. The van der Waals surface area contributed by atoms with E-state index < -0.39 is 0 Å². The van der Waals surface area contributed by atoms with Gasteiger partial charge in [0.2, 0.25) is 5.91 Å². The van der Waals surface area contributed by atoms with Crippen molar-refractivity contribution in [3.05, 3.63) is 35.4 Å². The molecule has 0 aromatic heterocycles. The third-order valence-electron chi connectivity index (χ3n) is 4.20. The van der Waals surface area contributed by atoms with Crippen LogP contribution in [0.15, 0.2) is 24.3 Å². The Morgan fingerprint density at radius 1 is 1.21 bits per heavy atom. The Kier molecular flexibility index (Phi) is 12.1. The highest BCUT2D eigenvalue weighted by Gasteiger charge is 2.15. The predicted octanol–water partition coefficient (Wildman–Crippen LogP) is 2.96. The van der Waals surface area contributed by atoms with Crippen molar-refractivity contribution >= 4 is 30.7 Å². The zero-order chi connectivity index (χ0) is 15.8. The zero-order valence-electron chi connectivity index (χ0n) is 14.7. The number of halogens is 2. The van der Waals surface area contributed by atoms with Gasteiger partial charge in [0, 0.05) is 13.1 Å². The summed E-state index contributed by atoms with van der Waals surface area (Å²) >= 11 is 0. The number of aryl methyl sites for hydroxylation is 1. The number of rotatable bonds is 6. The van der Waals surface area contributed by atoms with E-state index in [1.807, 2.05) is 0 Å². The normalized spacial score (nSPS) is 16.2. The Balaban J connectivity index is 0.00000264. The van der Waals surface area contributed by atoms with Gasteiger partial charge in [-0.25, -0.2) is 0 Å². The van der Waals surface area contributed by atoms with Crippen LogP contribution in [0.1, 0.15) is 43.9 Å². The van der Waals surface area contributed by atoms with Crippen molar-refractivity contribution in [1.82, 2.24) is 15.5 Å². The number of benzene rings is 1. The Bertz CT molecular complexity index is 460. The molecule has 1 amide bonds. The molecule has 1 fully saturated rings. The third-order valence-corrected chi connectivity index (χ3v) is 4.20. The molecule has 1 aromatic carbocycles. The lowest BCUT2D eigenvalue weighted by atomic mass is 10.0.